The van der Waals surface area contributed by atoms with Crippen molar-refractivity contribution in [3.63, 3.8) is 0 Å². The molecule has 0 aliphatic heterocycles. The average molecular weight is 577 g/mol. The third kappa shape index (κ3) is 8.14. The lowest BCUT2D eigenvalue weighted by Crippen LogP contribution is -2.04. The molecule has 8 nitrogen and oxygen atoms in total. The van der Waals surface area contributed by atoms with Crippen LogP contribution in [-0.4, -0.2) is 28.4 Å². The van der Waals surface area contributed by atoms with E-state index in [1.54, 1.807) is 46.6 Å². The maximum Gasteiger partial charge on any atom is 0.530 e. The van der Waals surface area contributed by atoms with Crippen molar-refractivity contribution in [1.29, 1.82) is 0 Å². The molecule has 4 aromatic rings. The number of rotatable bonds is 14. The van der Waals surface area contributed by atoms with Crippen molar-refractivity contribution in [3.05, 3.63) is 113 Å². The van der Waals surface area contributed by atoms with Gasteiger partial charge in [-0.15, -0.1) is 0 Å². The number of benzene rings is 4. The maximum atomic E-state index is 13.7. The molecule has 0 radical (unpaired) electrons. The number of hydrogen-bond donors (Lipinski definition) is 0. The van der Waals surface area contributed by atoms with Crippen LogP contribution in [0.1, 0.15) is 22.3 Å². The zero-order valence-electron chi connectivity index (χ0n) is 23.4. The van der Waals surface area contributed by atoms with Gasteiger partial charge in [0.25, 0.3) is 0 Å². The van der Waals surface area contributed by atoms with Gasteiger partial charge in [-0.25, -0.2) is 4.57 Å². The Labute approximate surface area is 240 Å². The highest BCUT2D eigenvalue weighted by Gasteiger charge is 2.29. The van der Waals surface area contributed by atoms with E-state index in [-0.39, 0.29) is 19.0 Å². The Morgan fingerprint density at radius 2 is 1.15 bits per heavy atom. The zero-order valence-corrected chi connectivity index (χ0v) is 24.3. The Hall–Kier alpha value is -4.23. The summed E-state index contributed by atoms with van der Waals surface area (Å²) in [7, 11) is 2.22. The third-order valence-corrected chi connectivity index (χ3v) is 7.35. The van der Waals surface area contributed by atoms with E-state index in [4.69, 9.17) is 32.5 Å². The second-order valence-electron chi connectivity index (χ2n) is 8.75. The molecule has 0 amide bonds. The summed E-state index contributed by atoms with van der Waals surface area (Å²) in [6, 6.07) is 27.6. The van der Waals surface area contributed by atoms with Gasteiger partial charge >= 0.3 is 7.82 Å². The molecule has 4 aromatic carbocycles. The molecule has 0 N–H and O–H groups in total. The second kappa shape index (κ2) is 14.4. The van der Waals surface area contributed by atoms with Crippen LogP contribution >= 0.6 is 7.82 Å². The van der Waals surface area contributed by atoms with Crippen LogP contribution in [-0.2, 0) is 26.8 Å². The summed E-state index contributed by atoms with van der Waals surface area (Å²) in [6.07, 6.45) is 3.76. The van der Waals surface area contributed by atoms with Crippen LogP contribution in [0.5, 0.6) is 28.7 Å². The fourth-order valence-corrected chi connectivity index (χ4v) is 5.11. The lowest BCUT2D eigenvalue weighted by atomic mass is 10.1. The van der Waals surface area contributed by atoms with Crippen molar-refractivity contribution in [1.82, 2.24) is 0 Å². The molecular weight excluding hydrogens is 543 g/mol. The van der Waals surface area contributed by atoms with Gasteiger partial charge in [-0.3, -0.25) is 9.05 Å². The molecule has 0 bridgehead atoms. The number of ether oxygens (including phenoxy) is 4. The van der Waals surface area contributed by atoms with Crippen molar-refractivity contribution in [2.45, 2.75) is 13.2 Å². The molecule has 0 saturated carbocycles. The Morgan fingerprint density at radius 1 is 0.610 bits per heavy atom. The summed E-state index contributed by atoms with van der Waals surface area (Å²) < 4.78 is 53.0. The third-order valence-electron chi connectivity index (χ3n) is 6.03. The predicted molar refractivity (Wildman–Crippen MR) is 159 cm³/mol. The molecule has 0 aliphatic carbocycles. The van der Waals surface area contributed by atoms with Gasteiger partial charge in [0, 0.05) is 11.6 Å². The van der Waals surface area contributed by atoms with E-state index in [2.05, 4.69) is 0 Å². The zero-order chi connectivity index (χ0) is 29.1. The minimum Gasteiger partial charge on any atom is -0.496 e. The van der Waals surface area contributed by atoms with Gasteiger partial charge in [-0.2, -0.15) is 0 Å². The first-order chi connectivity index (χ1) is 20.0. The highest BCUT2D eigenvalue weighted by molar-refractivity contribution is 7.48. The topological polar surface area (TPSA) is 81.7 Å². The Balaban J connectivity index is 1.55. The molecule has 214 valence electrons. The molecule has 0 fully saturated rings. The van der Waals surface area contributed by atoms with E-state index < -0.39 is 7.82 Å². The molecule has 41 heavy (non-hydrogen) atoms. The molecule has 0 spiro atoms. The van der Waals surface area contributed by atoms with Crippen LogP contribution in [0.4, 0.5) is 0 Å². The maximum absolute atomic E-state index is 13.7. The summed E-state index contributed by atoms with van der Waals surface area (Å²) in [5.41, 5.74) is 3.27. The molecule has 9 heteroatoms. The molecule has 0 unspecified atom stereocenters. The molecule has 0 saturated heterocycles. The Kier molecular flexibility index (Phi) is 10.5. The van der Waals surface area contributed by atoms with Crippen molar-refractivity contribution >= 4 is 20.0 Å². The Morgan fingerprint density at radius 3 is 1.63 bits per heavy atom. The van der Waals surface area contributed by atoms with Crippen molar-refractivity contribution in [2.24, 2.45) is 0 Å². The lowest BCUT2D eigenvalue weighted by molar-refractivity contribution is 0.143. The van der Waals surface area contributed by atoms with Crippen molar-refractivity contribution in [3.8, 4) is 28.7 Å². The van der Waals surface area contributed by atoms with E-state index in [1.165, 1.54) is 0 Å². The van der Waals surface area contributed by atoms with Gasteiger partial charge in [0.05, 0.1) is 41.7 Å². The molecule has 4 rings (SSSR count). The van der Waals surface area contributed by atoms with Crippen LogP contribution < -0.4 is 23.5 Å². The van der Waals surface area contributed by atoms with E-state index >= 15 is 0 Å². The highest BCUT2D eigenvalue weighted by atomic mass is 31.2. The van der Waals surface area contributed by atoms with E-state index in [0.29, 0.717) is 23.0 Å². The van der Waals surface area contributed by atoms with E-state index in [9.17, 15) is 4.57 Å². The van der Waals surface area contributed by atoms with Gasteiger partial charge in [0.1, 0.15) is 11.5 Å². The number of phosphoric ester groups is 1. The average Bonchev–Trinajstić information content (AvgIpc) is 3.02. The first-order valence-corrected chi connectivity index (χ1v) is 14.3. The van der Waals surface area contributed by atoms with Gasteiger partial charge in [0.15, 0.2) is 11.5 Å². The molecule has 0 aliphatic rings. The quantitative estimate of drug-likeness (QED) is 0.111. The highest BCUT2D eigenvalue weighted by Crippen LogP contribution is 2.51. The molecule has 0 aromatic heterocycles. The van der Waals surface area contributed by atoms with Crippen molar-refractivity contribution < 1.29 is 37.1 Å². The van der Waals surface area contributed by atoms with Crippen LogP contribution in [0.25, 0.3) is 12.2 Å². The second-order valence-corrected chi connectivity index (χ2v) is 10.3. The number of phosphoric acid groups is 1. The van der Waals surface area contributed by atoms with E-state index in [0.717, 1.165) is 22.3 Å². The minimum absolute atomic E-state index is 0.0552. The van der Waals surface area contributed by atoms with E-state index in [1.807, 2.05) is 84.9 Å². The molecule has 0 heterocycles. The number of methoxy groups -OCH3 is 4. The first kappa shape index (κ1) is 29.7. The van der Waals surface area contributed by atoms with Crippen molar-refractivity contribution in [2.75, 3.05) is 28.4 Å². The fourth-order valence-electron chi connectivity index (χ4n) is 3.94. The minimum atomic E-state index is -4.02. The summed E-state index contributed by atoms with van der Waals surface area (Å²) >= 11 is 0. The lowest BCUT2D eigenvalue weighted by Gasteiger charge is -2.19. The van der Waals surface area contributed by atoms with Gasteiger partial charge in [-0.05, 0) is 41.0 Å². The first-order valence-electron chi connectivity index (χ1n) is 12.8. The normalized spacial score (nSPS) is 11.3. The standard InChI is InChI=1S/C32H33O8P/c1-34-29-21-28(18-17-27(29)16-15-26-19-30(35-2)32(37-4)31(20-26)36-3)40-41(33,38-22-24-11-7-5-8-12-24)39-23-25-13-9-6-10-14-25/h5-21H,22-23H2,1-4H3/b16-15-. The van der Waals surface area contributed by atoms with Gasteiger partial charge < -0.3 is 23.5 Å². The van der Waals surface area contributed by atoms with Crippen LogP contribution in [0.2, 0.25) is 0 Å². The van der Waals surface area contributed by atoms with Crippen LogP contribution in [0, 0.1) is 0 Å². The summed E-state index contributed by atoms with van der Waals surface area (Å²) in [6.45, 7) is 0.110. The van der Waals surface area contributed by atoms with Gasteiger partial charge in [0.2, 0.25) is 5.75 Å². The smallest absolute Gasteiger partial charge is 0.496 e. The van der Waals surface area contributed by atoms with Gasteiger partial charge in [-0.1, -0.05) is 72.8 Å². The molecule has 0 atom stereocenters. The van der Waals surface area contributed by atoms with Crippen LogP contribution in [0.3, 0.4) is 0 Å². The fraction of sp³-hybridized carbons (Fsp3) is 0.188. The SMILES string of the molecule is COc1cc(OP(=O)(OCc2ccccc2)OCc2ccccc2)ccc1/C=C\c1cc(OC)c(OC)c(OC)c1. The predicted octanol–water partition coefficient (Wildman–Crippen LogP) is 7.81. The molecular formula is C32H33O8P. The summed E-state index contributed by atoms with van der Waals surface area (Å²) in [5.74, 6) is 2.38. The largest absolute Gasteiger partial charge is 0.530 e. The monoisotopic (exact) mass is 576 g/mol. The number of hydrogen-bond acceptors (Lipinski definition) is 8. The summed E-state index contributed by atoms with van der Waals surface area (Å²) in [5, 5.41) is 0. The van der Waals surface area contributed by atoms with Crippen LogP contribution in [0.15, 0.2) is 91.0 Å². The summed E-state index contributed by atoms with van der Waals surface area (Å²) in [4.78, 5) is 0. The Bertz CT molecular complexity index is 1420.